The van der Waals surface area contributed by atoms with Gasteiger partial charge >= 0.3 is 0 Å². The van der Waals surface area contributed by atoms with Gasteiger partial charge < -0.3 is 19.7 Å². The highest BCUT2D eigenvalue weighted by Crippen LogP contribution is 2.28. The number of hydrogen-bond donors (Lipinski definition) is 1. The standard InChI is InChI=1S/C28H31ClN2O4/c1-19-5-7-21(8-6-19)17-30-28(33)20(2)31(18-22-9-12-24(29)13-10-22)27(32)16-23-11-14-25(34-3)26(15-23)35-4/h5-15,20H,16-18H2,1-4H3,(H,30,33). The van der Waals surface area contributed by atoms with E-state index in [-0.39, 0.29) is 24.8 Å². The van der Waals surface area contributed by atoms with Crippen LogP contribution in [-0.2, 0) is 29.1 Å². The van der Waals surface area contributed by atoms with Gasteiger partial charge in [0.2, 0.25) is 11.8 Å². The highest BCUT2D eigenvalue weighted by Gasteiger charge is 2.26. The van der Waals surface area contributed by atoms with E-state index in [2.05, 4.69) is 5.32 Å². The zero-order valence-electron chi connectivity index (χ0n) is 20.5. The average Bonchev–Trinajstić information content (AvgIpc) is 2.87. The van der Waals surface area contributed by atoms with Crippen LogP contribution in [0.1, 0.15) is 29.2 Å². The quantitative estimate of drug-likeness (QED) is 0.433. The minimum atomic E-state index is -0.677. The number of hydrogen-bond acceptors (Lipinski definition) is 4. The number of carbonyl (C=O) groups is 2. The number of ether oxygens (including phenoxy) is 2. The van der Waals surface area contributed by atoms with Crippen LogP contribution in [0.5, 0.6) is 11.5 Å². The summed E-state index contributed by atoms with van der Waals surface area (Å²) in [5.41, 5.74) is 3.80. The van der Waals surface area contributed by atoms with Gasteiger partial charge in [-0.3, -0.25) is 9.59 Å². The van der Waals surface area contributed by atoms with Gasteiger partial charge in [0.15, 0.2) is 11.5 Å². The van der Waals surface area contributed by atoms with Crippen LogP contribution >= 0.6 is 11.6 Å². The van der Waals surface area contributed by atoms with E-state index < -0.39 is 6.04 Å². The van der Waals surface area contributed by atoms with Gasteiger partial charge in [0.25, 0.3) is 0 Å². The molecule has 0 heterocycles. The van der Waals surface area contributed by atoms with Crippen molar-refractivity contribution < 1.29 is 19.1 Å². The zero-order chi connectivity index (χ0) is 25.4. The Hall–Kier alpha value is -3.51. The molecule has 6 nitrogen and oxygen atoms in total. The molecule has 1 atom stereocenters. The predicted molar refractivity (Wildman–Crippen MR) is 138 cm³/mol. The molecule has 1 unspecified atom stereocenters. The molecular formula is C28H31ClN2O4. The van der Waals surface area contributed by atoms with Crippen LogP contribution in [0.2, 0.25) is 5.02 Å². The van der Waals surface area contributed by atoms with Crippen molar-refractivity contribution in [2.45, 2.75) is 39.4 Å². The molecule has 0 aliphatic heterocycles. The van der Waals surface area contributed by atoms with Crippen molar-refractivity contribution in [2.24, 2.45) is 0 Å². The first-order valence-electron chi connectivity index (χ1n) is 11.4. The number of nitrogens with one attached hydrogen (secondary N) is 1. The van der Waals surface area contributed by atoms with E-state index in [1.54, 1.807) is 50.3 Å². The predicted octanol–water partition coefficient (Wildman–Crippen LogP) is 4.94. The molecule has 3 aromatic rings. The Morgan fingerprint density at radius 2 is 1.49 bits per heavy atom. The number of nitrogens with zero attached hydrogens (tertiary/aromatic N) is 1. The normalized spacial score (nSPS) is 11.5. The van der Waals surface area contributed by atoms with E-state index >= 15 is 0 Å². The van der Waals surface area contributed by atoms with Crippen LogP contribution in [0.25, 0.3) is 0 Å². The molecule has 1 N–H and O–H groups in total. The Balaban J connectivity index is 1.77. The van der Waals surface area contributed by atoms with Crippen molar-refractivity contribution in [3.8, 4) is 11.5 Å². The Kier molecular flexibility index (Phi) is 9.15. The van der Waals surface area contributed by atoms with Crippen LogP contribution in [-0.4, -0.2) is 37.0 Å². The van der Waals surface area contributed by atoms with Crippen molar-refractivity contribution in [3.05, 3.63) is 94.0 Å². The lowest BCUT2D eigenvalue weighted by atomic mass is 10.1. The third-order valence-electron chi connectivity index (χ3n) is 5.82. The van der Waals surface area contributed by atoms with Gasteiger partial charge in [-0.15, -0.1) is 0 Å². The molecule has 0 aromatic heterocycles. The van der Waals surface area contributed by atoms with E-state index in [0.717, 1.165) is 22.3 Å². The van der Waals surface area contributed by atoms with Gasteiger partial charge in [-0.2, -0.15) is 0 Å². The minimum absolute atomic E-state index is 0.115. The third kappa shape index (κ3) is 7.23. The van der Waals surface area contributed by atoms with Gasteiger partial charge in [0.1, 0.15) is 6.04 Å². The monoisotopic (exact) mass is 494 g/mol. The molecule has 2 amide bonds. The van der Waals surface area contributed by atoms with Crippen LogP contribution in [0.4, 0.5) is 0 Å². The van der Waals surface area contributed by atoms with Crippen molar-refractivity contribution in [1.82, 2.24) is 10.2 Å². The molecule has 7 heteroatoms. The molecule has 184 valence electrons. The van der Waals surface area contributed by atoms with Crippen LogP contribution in [0.15, 0.2) is 66.7 Å². The average molecular weight is 495 g/mol. The van der Waals surface area contributed by atoms with E-state index in [1.165, 1.54) is 0 Å². The second-order valence-corrected chi connectivity index (χ2v) is 8.83. The fraction of sp³-hybridized carbons (Fsp3) is 0.286. The lowest BCUT2D eigenvalue weighted by molar-refractivity contribution is -0.140. The smallest absolute Gasteiger partial charge is 0.242 e. The fourth-order valence-electron chi connectivity index (χ4n) is 3.68. The first-order valence-corrected chi connectivity index (χ1v) is 11.8. The third-order valence-corrected chi connectivity index (χ3v) is 6.08. The molecule has 0 aliphatic carbocycles. The number of carbonyl (C=O) groups excluding carboxylic acids is 2. The van der Waals surface area contributed by atoms with Gasteiger partial charge in [-0.05, 0) is 54.8 Å². The number of amides is 2. The van der Waals surface area contributed by atoms with Gasteiger partial charge in [0.05, 0.1) is 20.6 Å². The van der Waals surface area contributed by atoms with E-state index in [4.69, 9.17) is 21.1 Å². The van der Waals surface area contributed by atoms with Gasteiger partial charge in [-0.1, -0.05) is 59.6 Å². The number of methoxy groups -OCH3 is 2. The summed E-state index contributed by atoms with van der Waals surface area (Å²) in [7, 11) is 3.12. The Bertz CT molecular complexity index is 1150. The first kappa shape index (κ1) is 26.1. The SMILES string of the molecule is COc1ccc(CC(=O)N(Cc2ccc(Cl)cc2)C(C)C(=O)NCc2ccc(C)cc2)cc1OC. The maximum atomic E-state index is 13.4. The Morgan fingerprint density at radius 3 is 2.11 bits per heavy atom. The van der Waals surface area contributed by atoms with Gasteiger partial charge in [-0.25, -0.2) is 0 Å². The van der Waals surface area contributed by atoms with Gasteiger partial charge in [0, 0.05) is 18.1 Å². The summed E-state index contributed by atoms with van der Waals surface area (Å²) < 4.78 is 10.7. The molecular weight excluding hydrogens is 464 g/mol. The summed E-state index contributed by atoms with van der Waals surface area (Å²) in [5, 5.41) is 3.57. The van der Waals surface area contributed by atoms with Crippen molar-refractivity contribution in [2.75, 3.05) is 14.2 Å². The van der Waals surface area contributed by atoms with Crippen molar-refractivity contribution in [1.29, 1.82) is 0 Å². The number of aryl methyl sites for hydroxylation is 1. The molecule has 0 fully saturated rings. The Labute approximate surface area is 211 Å². The summed E-state index contributed by atoms with van der Waals surface area (Å²) >= 11 is 6.03. The van der Waals surface area contributed by atoms with Crippen molar-refractivity contribution >= 4 is 23.4 Å². The number of benzene rings is 3. The lowest BCUT2D eigenvalue weighted by Gasteiger charge is -2.29. The van der Waals surface area contributed by atoms with Crippen LogP contribution in [0, 0.1) is 6.92 Å². The summed E-state index contributed by atoms with van der Waals surface area (Å²) in [6.45, 7) is 4.43. The second kappa shape index (κ2) is 12.3. The highest BCUT2D eigenvalue weighted by molar-refractivity contribution is 6.30. The molecule has 35 heavy (non-hydrogen) atoms. The maximum absolute atomic E-state index is 13.4. The minimum Gasteiger partial charge on any atom is -0.493 e. The Morgan fingerprint density at radius 1 is 0.886 bits per heavy atom. The summed E-state index contributed by atoms with van der Waals surface area (Å²) in [6.07, 6.45) is 0.115. The molecule has 0 bridgehead atoms. The number of rotatable bonds is 10. The van der Waals surface area contributed by atoms with E-state index in [1.807, 2.05) is 49.4 Å². The fourth-order valence-corrected chi connectivity index (χ4v) is 3.80. The maximum Gasteiger partial charge on any atom is 0.242 e. The van der Waals surface area contributed by atoms with Crippen molar-refractivity contribution in [3.63, 3.8) is 0 Å². The van der Waals surface area contributed by atoms with E-state index in [0.29, 0.717) is 23.1 Å². The molecule has 0 radical (unpaired) electrons. The highest BCUT2D eigenvalue weighted by atomic mass is 35.5. The molecule has 0 saturated carbocycles. The molecule has 0 aliphatic rings. The lowest BCUT2D eigenvalue weighted by Crippen LogP contribution is -2.48. The van der Waals surface area contributed by atoms with Crippen LogP contribution < -0.4 is 14.8 Å². The molecule has 0 spiro atoms. The largest absolute Gasteiger partial charge is 0.493 e. The molecule has 3 rings (SSSR count). The summed E-state index contributed by atoms with van der Waals surface area (Å²) in [4.78, 5) is 28.1. The second-order valence-electron chi connectivity index (χ2n) is 8.39. The molecule has 3 aromatic carbocycles. The zero-order valence-corrected chi connectivity index (χ0v) is 21.3. The summed E-state index contributed by atoms with van der Waals surface area (Å²) in [6, 6.07) is 19.9. The molecule has 0 saturated heterocycles. The topological polar surface area (TPSA) is 67.9 Å². The summed E-state index contributed by atoms with van der Waals surface area (Å²) in [5.74, 6) is 0.738. The van der Waals surface area contributed by atoms with E-state index in [9.17, 15) is 9.59 Å². The number of halogens is 1. The van der Waals surface area contributed by atoms with Crippen LogP contribution in [0.3, 0.4) is 0 Å². The first-order chi connectivity index (χ1) is 16.8.